The first-order valence-corrected chi connectivity index (χ1v) is 8.42. The molecule has 1 N–H and O–H groups in total. The van der Waals surface area contributed by atoms with E-state index < -0.39 is 11.6 Å². The van der Waals surface area contributed by atoms with Crippen LogP contribution in [0.5, 0.6) is 0 Å². The summed E-state index contributed by atoms with van der Waals surface area (Å²) in [6.45, 7) is 2.72. The van der Waals surface area contributed by atoms with Crippen LogP contribution in [0.1, 0.15) is 37.1 Å². The van der Waals surface area contributed by atoms with Crippen LogP contribution in [-0.4, -0.2) is 33.2 Å². The van der Waals surface area contributed by atoms with Gasteiger partial charge in [-0.2, -0.15) is 5.10 Å². The van der Waals surface area contributed by atoms with Gasteiger partial charge in [-0.1, -0.05) is 6.07 Å². The molecular formula is C18H22F2N4O. The van der Waals surface area contributed by atoms with Gasteiger partial charge in [0.2, 0.25) is 5.91 Å². The maximum absolute atomic E-state index is 13.9. The third kappa shape index (κ3) is 3.87. The zero-order valence-corrected chi connectivity index (χ0v) is 14.4. The van der Waals surface area contributed by atoms with Crippen molar-refractivity contribution in [3.63, 3.8) is 0 Å². The topological polar surface area (TPSA) is 50.2 Å². The van der Waals surface area contributed by atoms with Crippen molar-refractivity contribution in [2.45, 2.75) is 38.4 Å². The first-order chi connectivity index (χ1) is 12.0. The number of aromatic nitrogens is 2. The minimum absolute atomic E-state index is 0.0241. The number of nitrogens with one attached hydrogen (secondary N) is 1. The summed E-state index contributed by atoms with van der Waals surface area (Å²) in [4.78, 5) is 14.4. The highest BCUT2D eigenvalue weighted by Crippen LogP contribution is 2.20. The van der Waals surface area contributed by atoms with E-state index in [4.69, 9.17) is 0 Å². The van der Waals surface area contributed by atoms with Crippen molar-refractivity contribution in [3.05, 3.63) is 53.4 Å². The van der Waals surface area contributed by atoms with Crippen molar-refractivity contribution in [1.82, 2.24) is 20.0 Å². The SMILES string of the molecule is C[C@H](N[C@@H]1CCCN(Cc2ccc(F)cc2F)C1=O)c1ccnn1C. The van der Waals surface area contributed by atoms with E-state index in [1.165, 1.54) is 12.1 Å². The molecule has 2 aromatic rings. The summed E-state index contributed by atoms with van der Waals surface area (Å²) in [6.07, 6.45) is 3.30. The van der Waals surface area contributed by atoms with Gasteiger partial charge in [-0.25, -0.2) is 8.78 Å². The Morgan fingerprint density at radius 3 is 2.84 bits per heavy atom. The third-order valence-corrected chi connectivity index (χ3v) is 4.66. The number of carbonyl (C=O) groups is 1. The molecule has 0 unspecified atom stereocenters. The van der Waals surface area contributed by atoms with Gasteiger partial charge in [0, 0.05) is 44.0 Å². The van der Waals surface area contributed by atoms with Gasteiger partial charge in [-0.15, -0.1) is 0 Å². The fraction of sp³-hybridized carbons (Fsp3) is 0.444. The van der Waals surface area contributed by atoms with Crippen molar-refractivity contribution in [1.29, 1.82) is 0 Å². The molecule has 2 heterocycles. The normalized spacial score (nSPS) is 19.3. The minimum atomic E-state index is -0.619. The van der Waals surface area contributed by atoms with E-state index in [1.54, 1.807) is 15.8 Å². The van der Waals surface area contributed by atoms with Crippen molar-refractivity contribution in [2.24, 2.45) is 7.05 Å². The predicted molar refractivity (Wildman–Crippen MR) is 89.6 cm³/mol. The molecule has 0 aliphatic carbocycles. The number of benzene rings is 1. The molecule has 2 atom stereocenters. The molecule has 1 fully saturated rings. The first-order valence-electron chi connectivity index (χ1n) is 8.42. The Balaban J connectivity index is 1.67. The highest BCUT2D eigenvalue weighted by Gasteiger charge is 2.30. The fourth-order valence-corrected chi connectivity index (χ4v) is 3.30. The Bertz CT molecular complexity index is 761. The summed E-state index contributed by atoms with van der Waals surface area (Å²) >= 11 is 0. The number of amides is 1. The monoisotopic (exact) mass is 348 g/mol. The molecule has 1 aromatic heterocycles. The lowest BCUT2D eigenvalue weighted by Gasteiger charge is -2.34. The summed E-state index contributed by atoms with van der Waals surface area (Å²) in [5.41, 5.74) is 1.32. The number of aryl methyl sites for hydroxylation is 1. The van der Waals surface area contributed by atoms with E-state index in [9.17, 15) is 13.6 Å². The molecule has 0 saturated carbocycles. The van der Waals surface area contributed by atoms with Gasteiger partial charge in [-0.05, 0) is 31.9 Å². The van der Waals surface area contributed by atoms with Gasteiger partial charge in [0.1, 0.15) is 11.6 Å². The van der Waals surface area contributed by atoms with Crippen LogP contribution in [0.4, 0.5) is 8.78 Å². The van der Waals surface area contributed by atoms with Crippen LogP contribution in [0, 0.1) is 11.6 Å². The van der Waals surface area contributed by atoms with Gasteiger partial charge in [-0.3, -0.25) is 14.8 Å². The van der Waals surface area contributed by atoms with Crippen LogP contribution < -0.4 is 5.32 Å². The molecule has 1 aliphatic rings. The van der Waals surface area contributed by atoms with Crippen LogP contribution in [0.3, 0.4) is 0 Å². The van der Waals surface area contributed by atoms with Crippen LogP contribution >= 0.6 is 0 Å². The average molecular weight is 348 g/mol. The average Bonchev–Trinajstić information content (AvgIpc) is 3.00. The molecule has 0 radical (unpaired) electrons. The third-order valence-electron chi connectivity index (χ3n) is 4.66. The highest BCUT2D eigenvalue weighted by molar-refractivity contribution is 5.82. The van der Waals surface area contributed by atoms with Crippen molar-refractivity contribution >= 4 is 5.91 Å². The molecule has 0 spiro atoms. The van der Waals surface area contributed by atoms with Gasteiger partial charge >= 0.3 is 0 Å². The molecule has 0 bridgehead atoms. The maximum Gasteiger partial charge on any atom is 0.240 e. The zero-order chi connectivity index (χ0) is 18.0. The lowest BCUT2D eigenvalue weighted by molar-refractivity contribution is -0.136. The number of nitrogens with zero attached hydrogens (tertiary/aromatic N) is 3. The van der Waals surface area contributed by atoms with E-state index >= 15 is 0 Å². The number of rotatable bonds is 5. The Labute approximate surface area is 145 Å². The van der Waals surface area contributed by atoms with E-state index in [2.05, 4.69) is 10.4 Å². The van der Waals surface area contributed by atoms with Gasteiger partial charge < -0.3 is 4.90 Å². The number of carbonyl (C=O) groups excluding carboxylic acids is 1. The zero-order valence-electron chi connectivity index (χ0n) is 14.4. The fourth-order valence-electron chi connectivity index (χ4n) is 3.30. The van der Waals surface area contributed by atoms with Crippen LogP contribution in [0.25, 0.3) is 0 Å². The molecule has 1 aromatic carbocycles. The van der Waals surface area contributed by atoms with Crippen LogP contribution in [-0.2, 0) is 18.4 Å². The Morgan fingerprint density at radius 1 is 1.36 bits per heavy atom. The molecule has 134 valence electrons. The van der Waals surface area contributed by atoms with Gasteiger partial charge in [0.25, 0.3) is 0 Å². The smallest absolute Gasteiger partial charge is 0.240 e. The summed E-state index contributed by atoms with van der Waals surface area (Å²) in [7, 11) is 1.86. The summed E-state index contributed by atoms with van der Waals surface area (Å²) in [6, 6.07) is 5.03. The largest absolute Gasteiger partial charge is 0.337 e. The van der Waals surface area contributed by atoms with Crippen LogP contribution in [0.2, 0.25) is 0 Å². The Hall–Kier alpha value is -2.28. The van der Waals surface area contributed by atoms with E-state index in [1.807, 2.05) is 20.0 Å². The lowest BCUT2D eigenvalue weighted by Crippen LogP contribution is -2.51. The van der Waals surface area contributed by atoms with Crippen LogP contribution in [0.15, 0.2) is 30.5 Å². The Morgan fingerprint density at radius 2 is 2.16 bits per heavy atom. The van der Waals surface area contributed by atoms with E-state index in [-0.39, 0.29) is 24.5 Å². The molecule has 1 amide bonds. The second-order valence-corrected chi connectivity index (χ2v) is 6.46. The van der Waals surface area contributed by atoms with E-state index in [0.717, 1.165) is 24.6 Å². The molecule has 5 nitrogen and oxygen atoms in total. The van der Waals surface area contributed by atoms with Crippen molar-refractivity contribution in [2.75, 3.05) is 6.54 Å². The predicted octanol–water partition coefficient (Wildman–Crippen LogP) is 2.54. The van der Waals surface area contributed by atoms with Crippen molar-refractivity contribution in [3.8, 4) is 0 Å². The number of hydrogen-bond donors (Lipinski definition) is 1. The lowest BCUT2D eigenvalue weighted by atomic mass is 10.0. The summed E-state index contributed by atoms with van der Waals surface area (Å²) in [5, 5.41) is 7.49. The summed E-state index contributed by atoms with van der Waals surface area (Å²) < 4.78 is 28.7. The second-order valence-electron chi connectivity index (χ2n) is 6.46. The molecular weight excluding hydrogens is 326 g/mol. The van der Waals surface area contributed by atoms with Gasteiger partial charge in [0.05, 0.1) is 11.7 Å². The number of piperidine rings is 1. The number of halogens is 2. The maximum atomic E-state index is 13.9. The van der Waals surface area contributed by atoms with Gasteiger partial charge in [0.15, 0.2) is 0 Å². The number of hydrogen-bond acceptors (Lipinski definition) is 3. The minimum Gasteiger partial charge on any atom is -0.337 e. The first kappa shape index (κ1) is 17.5. The standard InChI is InChI=1S/C18H22F2N4O/c1-12(17-7-8-21-23(17)2)22-16-4-3-9-24(18(16)25)11-13-5-6-14(19)10-15(13)20/h5-8,10,12,16,22H,3-4,9,11H2,1-2H3/t12-,16+/m0/s1. The molecule has 25 heavy (non-hydrogen) atoms. The summed E-state index contributed by atoms with van der Waals surface area (Å²) in [5.74, 6) is -1.29. The molecule has 1 saturated heterocycles. The molecule has 1 aliphatic heterocycles. The molecule has 3 rings (SSSR count). The molecule has 7 heteroatoms. The highest BCUT2D eigenvalue weighted by atomic mass is 19.1. The second kappa shape index (κ2) is 7.31. The Kier molecular flexibility index (Phi) is 5.13. The quantitative estimate of drug-likeness (QED) is 0.903. The van der Waals surface area contributed by atoms with E-state index in [0.29, 0.717) is 12.1 Å². The van der Waals surface area contributed by atoms with Crippen molar-refractivity contribution < 1.29 is 13.6 Å². The number of likely N-dealkylation sites (tertiary alicyclic amines) is 1.